The summed E-state index contributed by atoms with van der Waals surface area (Å²) in [6, 6.07) is 14.4. The van der Waals surface area contributed by atoms with E-state index in [0.717, 1.165) is 62.6 Å². The average molecular weight is 545 g/mol. The molecule has 0 bridgehead atoms. The van der Waals surface area contributed by atoms with Crippen LogP contribution in [0.15, 0.2) is 66.3 Å². The number of hydrogen-bond donors (Lipinski definition) is 2. The van der Waals surface area contributed by atoms with Crippen LogP contribution in [0, 0.1) is 0 Å². The zero-order chi connectivity index (χ0) is 28.9. The van der Waals surface area contributed by atoms with Crippen molar-refractivity contribution < 1.29 is 14.3 Å². The zero-order valence-electron chi connectivity index (χ0n) is 24.7. The minimum atomic E-state index is 0.162. The van der Waals surface area contributed by atoms with Gasteiger partial charge in [0, 0.05) is 25.4 Å². The minimum Gasteiger partial charge on any atom is -0.493 e. The Bertz CT molecular complexity index is 892. The summed E-state index contributed by atoms with van der Waals surface area (Å²) >= 11 is 0. The fraction of sp³-hybridized carbons (Fsp3) is 0.500. The number of amides is 2. The van der Waals surface area contributed by atoms with Crippen molar-refractivity contribution in [2.45, 2.75) is 79.1 Å². The highest BCUT2D eigenvalue weighted by atomic mass is 31.0. The van der Waals surface area contributed by atoms with Crippen LogP contribution in [0.1, 0.15) is 79.1 Å². The molecule has 2 N–H and O–H groups in total. The summed E-state index contributed by atoms with van der Waals surface area (Å²) in [5.74, 6) is 1.09. The van der Waals surface area contributed by atoms with Crippen LogP contribution < -0.4 is 15.4 Å². The van der Waals surface area contributed by atoms with Crippen LogP contribution in [0.5, 0.6) is 5.75 Å². The lowest BCUT2D eigenvalue weighted by Gasteiger charge is -2.10. The van der Waals surface area contributed by atoms with Crippen molar-refractivity contribution >= 4 is 32.3 Å². The van der Waals surface area contributed by atoms with E-state index >= 15 is 0 Å². The van der Waals surface area contributed by atoms with Crippen LogP contribution in [0.4, 0.5) is 0 Å². The lowest BCUT2D eigenvalue weighted by molar-refractivity contribution is -0.121. The fourth-order valence-corrected chi connectivity index (χ4v) is 3.45. The first-order chi connectivity index (χ1) is 18.7. The van der Waals surface area contributed by atoms with Crippen molar-refractivity contribution in [3.63, 3.8) is 0 Å². The highest BCUT2D eigenvalue weighted by Gasteiger charge is 2.03. The van der Waals surface area contributed by atoms with E-state index in [4.69, 9.17) is 9.53 Å². The average Bonchev–Trinajstić information content (AvgIpc) is 2.98. The topological polar surface area (TPSA) is 67.4 Å². The summed E-state index contributed by atoms with van der Waals surface area (Å²) in [5, 5.41) is 7.63. The molecule has 0 spiro atoms. The highest BCUT2D eigenvalue weighted by Crippen LogP contribution is 2.25. The van der Waals surface area contributed by atoms with Gasteiger partial charge in [-0.2, -0.15) is 0 Å². The van der Waals surface area contributed by atoms with Gasteiger partial charge in [0.2, 0.25) is 12.3 Å². The summed E-state index contributed by atoms with van der Waals surface area (Å²) in [7, 11) is 3.98. The first kappa shape index (κ1) is 37.5. The number of rotatable bonds is 15. The van der Waals surface area contributed by atoms with Gasteiger partial charge in [-0.1, -0.05) is 94.6 Å². The summed E-state index contributed by atoms with van der Waals surface area (Å²) in [5.41, 5.74) is 1.39. The third-order valence-electron chi connectivity index (χ3n) is 5.17. The van der Waals surface area contributed by atoms with E-state index in [0.29, 0.717) is 19.4 Å². The molecule has 0 aliphatic heterocycles. The second kappa shape index (κ2) is 28.9. The number of ether oxygens (including phenoxy) is 1. The monoisotopic (exact) mass is 544 g/mol. The van der Waals surface area contributed by atoms with Crippen molar-refractivity contribution in [2.75, 3.05) is 26.9 Å². The third kappa shape index (κ3) is 19.5. The maximum Gasteiger partial charge on any atom is 0.219 e. The van der Waals surface area contributed by atoms with Gasteiger partial charge >= 0.3 is 0 Å². The summed E-state index contributed by atoms with van der Waals surface area (Å²) in [6.07, 6.45) is 15.0. The van der Waals surface area contributed by atoms with Crippen LogP contribution in [0.3, 0.4) is 0 Å². The molecule has 2 amide bonds. The Morgan fingerprint density at radius 3 is 2.24 bits per heavy atom. The number of fused-ring (bicyclic) bond motifs is 1. The van der Waals surface area contributed by atoms with E-state index < -0.39 is 0 Å². The van der Waals surface area contributed by atoms with Gasteiger partial charge in [0.15, 0.2) is 0 Å². The molecule has 1 unspecified atom stereocenters. The highest BCUT2D eigenvalue weighted by molar-refractivity contribution is 7.15. The standard InChI is InChI=1S/C27H37NO2.C2H5NO.C2H6.CH5P/c1-3-5-14-23(13-4-2)15-6-9-20-27(29)28-21-10-11-22-30-26-19-12-17-24-16-7-8-18-25(24)26;1-3-2-4;2*1-2/h5,7-8,12-14,16-19H,3-4,6,9-11,15,20-22H2,1-2H3,(H,28,29);2H,1H3,(H,3,4);1-2H3;2H2,1H3/b14-5-,23-13+;;;. The molecule has 2 aromatic rings. The van der Waals surface area contributed by atoms with E-state index in [2.05, 4.69) is 70.1 Å². The molecule has 0 aliphatic carbocycles. The molecule has 214 valence electrons. The molecule has 0 radical (unpaired) electrons. The Balaban J connectivity index is 0. The molecular formula is C32H53N2O3P. The van der Waals surface area contributed by atoms with E-state index in [1.165, 1.54) is 11.0 Å². The fourth-order valence-electron chi connectivity index (χ4n) is 3.45. The molecule has 0 saturated carbocycles. The van der Waals surface area contributed by atoms with E-state index in [9.17, 15) is 4.79 Å². The lowest BCUT2D eigenvalue weighted by atomic mass is 10.1. The predicted octanol–water partition coefficient (Wildman–Crippen LogP) is 7.86. The summed E-state index contributed by atoms with van der Waals surface area (Å²) in [6.45, 7) is 11.6. The van der Waals surface area contributed by atoms with Gasteiger partial charge in [0.05, 0.1) is 6.61 Å². The number of hydrogen-bond acceptors (Lipinski definition) is 3. The van der Waals surface area contributed by atoms with Gasteiger partial charge in [0.25, 0.3) is 0 Å². The minimum absolute atomic E-state index is 0.162. The van der Waals surface area contributed by atoms with Crippen molar-refractivity contribution in [3.05, 3.63) is 66.3 Å². The smallest absolute Gasteiger partial charge is 0.219 e. The maximum absolute atomic E-state index is 12.0. The SMILES string of the molecule is CC.CC/C=C\C(=C/CC)CCCCC(=O)NCCCCOc1cccc2ccccc12.CNC=O.CP. The quantitative estimate of drug-likeness (QED) is 0.104. The number of allylic oxidation sites excluding steroid dienone is 4. The molecule has 0 saturated heterocycles. The number of nitrogens with one attached hydrogen (secondary N) is 2. The third-order valence-corrected chi connectivity index (χ3v) is 5.17. The molecule has 0 heterocycles. The van der Waals surface area contributed by atoms with Crippen LogP contribution in [0.2, 0.25) is 0 Å². The Labute approximate surface area is 235 Å². The first-order valence-corrected chi connectivity index (χ1v) is 15.2. The van der Waals surface area contributed by atoms with Crippen LogP contribution in [-0.2, 0) is 9.59 Å². The zero-order valence-corrected chi connectivity index (χ0v) is 25.9. The van der Waals surface area contributed by atoms with Gasteiger partial charge in [-0.3, -0.25) is 9.59 Å². The molecule has 1 atom stereocenters. The van der Waals surface area contributed by atoms with Gasteiger partial charge in [-0.15, -0.1) is 9.24 Å². The van der Waals surface area contributed by atoms with Crippen molar-refractivity contribution in [1.82, 2.24) is 10.6 Å². The number of carbonyl (C=O) groups excluding carboxylic acids is 2. The van der Waals surface area contributed by atoms with Gasteiger partial charge in [-0.05, 0) is 56.4 Å². The second-order valence-corrected chi connectivity index (χ2v) is 7.99. The maximum atomic E-state index is 12.0. The Hall–Kier alpha value is -2.65. The molecule has 2 rings (SSSR count). The van der Waals surface area contributed by atoms with Crippen LogP contribution in [-0.4, -0.2) is 39.2 Å². The molecule has 0 fully saturated rings. The molecule has 0 aliphatic rings. The van der Waals surface area contributed by atoms with Crippen molar-refractivity contribution in [3.8, 4) is 5.75 Å². The predicted molar refractivity (Wildman–Crippen MR) is 170 cm³/mol. The van der Waals surface area contributed by atoms with Gasteiger partial charge in [0.1, 0.15) is 5.75 Å². The summed E-state index contributed by atoms with van der Waals surface area (Å²) < 4.78 is 5.95. The van der Waals surface area contributed by atoms with Crippen LogP contribution in [0.25, 0.3) is 10.8 Å². The largest absolute Gasteiger partial charge is 0.493 e. The number of benzene rings is 2. The Morgan fingerprint density at radius 1 is 0.921 bits per heavy atom. The van der Waals surface area contributed by atoms with Gasteiger partial charge in [-0.25, -0.2) is 0 Å². The number of unbranched alkanes of at least 4 members (excludes halogenated alkanes) is 2. The normalized spacial score (nSPS) is 10.2. The molecule has 2 aromatic carbocycles. The molecule has 5 nitrogen and oxygen atoms in total. The Kier molecular flexibility index (Phi) is 28.5. The second-order valence-electron chi connectivity index (χ2n) is 7.99. The lowest BCUT2D eigenvalue weighted by Crippen LogP contribution is -2.24. The number of carbonyl (C=O) groups is 2. The van der Waals surface area contributed by atoms with Crippen LogP contribution >= 0.6 is 9.24 Å². The Morgan fingerprint density at radius 2 is 1.58 bits per heavy atom. The van der Waals surface area contributed by atoms with Crippen molar-refractivity contribution in [2.24, 2.45) is 0 Å². The van der Waals surface area contributed by atoms with Gasteiger partial charge < -0.3 is 15.4 Å². The first-order valence-electron chi connectivity index (χ1n) is 14.1. The van der Waals surface area contributed by atoms with E-state index in [1.54, 1.807) is 7.05 Å². The molecule has 38 heavy (non-hydrogen) atoms. The van der Waals surface area contributed by atoms with Crippen molar-refractivity contribution in [1.29, 1.82) is 0 Å². The van der Waals surface area contributed by atoms with E-state index in [-0.39, 0.29) is 5.91 Å². The molecular weight excluding hydrogens is 491 g/mol. The molecule has 6 heteroatoms. The van der Waals surface area contributed by atoms with E-state index in [1.807, 2.05) is 44.8 Å². The molecule has 0 aromatic heterocycles. The summed E-state index contributed by atoms with van der Waals surface area (Å²) in [4.78, 5) is 21.1.